The van der Waals surface area contributed by atoms with Crippen molar-refractivity contribution in [2.45, 2.75) is 41.5 Å². The summed E-state index contributed by atoms with van der Waals surface area (Å²) in [6.07, 6.45) is 0. The molecule has 8 aromatic rings. The summed E-state index contributed by atoms with van der Waals surface area (Å²) in [5.41, 5.74) is 13.5. The van der Waals surface area contributed by atoms with Crippen LogP contribution in [0.15, 0.2) is 197 Å². The Hall–Kier alpha value is -8.12. The van der Waals surface area contributed by atoms with E-state index in [9.17, 15) is 0 Å². The summed E-state index contributed by atoms with van der Waals surface area (Å²) in [7, 11) is 0. The summed E-state index contributed by atoms with van der Waals surface area (Å²) in [6.45, 7) is 13.9. The molecule has 0 aliphatic heterocycles. The van der Waals surface area contributed by atoms with Crippen molar-refractivity contribution >= 4 is 89.8 Å². The van der Waals surface area contributed by atoms with E-state index < -0.39 is 0 Å². The quantitative estimate of drug-likeness (QED) is 0.105. The fourth-order valence-electron chi connectivity index (χ4n) is 7.16. The van der Waals surface area contributed by atoms with Gasteiger partial charge in [-0.3, -0.25) is 0 Å². The zero-order valence-electron chi connectivity index (χ0n) is 36.7. The summed E-state index contributed by atoms with van der Waals surface area (Å²) in [5, 5.41) is 56.6. The molecule has 8 rings (SSSR count). The third-order valence-electron chi connectivity index (χ3n) is 10.6. The molecule has 64 heavy (non-hydrogen) atoms. The second-order valence-electron chi connectivity index (χ2n) is 15.3. The van der Waals surface area contributed by atoms with Gasteiger partial charge >= 0.3 is 0 Å². The predicted molar refractivity (Wildman–Crippen MR) is 262 cm³/mol. The Kier molecular flexibility index (Phi) is 13.1. The lowest BCUT2D eigenvalue weighted by Gasteiger charge is -2.09. The van der Waals surface area contributed by atoms with E-state index in [-0.39, 0.29) is 0 Å². The lowest BCUT2D eigenvalue weighted by Crippen LogP contribution is -1.96. The van der Waals surface area contributed by atoms with Crippen LogP contribution < -0.4 is 10.6 Å². The number of hydrogen-bond donors (Lipinski definition) is 2. The zero-order valence-corrected chi connectivity index (χ0v) is 36.7. The lowest BCUT2D eigenvalue weighted by molar-refractivity contribution is 1.17. The van der Waals surface area contributed by atoms with Crippen molar-refractivity contribution in [1.82, 2.24) is 0 Å². The molecule has 0 aliphatic carbocycles. The molecule has 0 amide bonds. The normalized spacial score (nSPS) is 12.0. The van der Waals surface area contributed by atoms with Crippen molar-refractivity contribution in [1.29, 1.82) is 0 Å². The molecule has 0 heterocycles. The van der Waals surface area contributed by atoms with E-state index in [2.05, 4.69) is 112 Å². The fraction of sp³-hybridized carbons (Fsp3) is 0.154. The number of azo groups is 5. The van der Waals surface area contributed by atoms with E-state index in [0.29, 0.717) is 22.7 Å². The van der Waals surface area contributed by atoms with Crippen LogP contribution in [-0.2, 0) is 0 Å². The minimum atomic E-state index is 0.692. The van der Waals surface area contributed by atoms with Crippen LogP contribution in [0.5, 0.6) is 0 Å². The number of benzene rings is 8. The van der Waals surface area contributed by atoms with Gasteiger partial charge in [0, 0.05) is 46.0 Å². The molecule has 0 bridgehead atoms. The standard InChI is InChI=1S/C52H48N12/c1-7-53-45-25-27-47(43-15-11-9-13-41(43)45)59-63-51-31-33(3)49(29-35(51)5)61-57-39-21-17-37(18-22-39)55-56-38-19-23-40(24-20-38)58-62-50-30-36(6)52(32-34(50)4)64-60-48-28-26-46(54-8-2)42-14-10-12-16-44(42)48/h9-32,53-54H,7-8H2,1-6H3/b56-55+,61-57+,62-58+,63-59+,64-60+. The Balaban J connectivity index is 0.870. The van der Waals surface area contributed by atoms with Crippen LogP contribution >= 0.6 is 0 Å². The number of nitrogens with one attached hydrogen (secondary N) is 2. The molecule has 0 atom stereocenters. The third-order valence-corrected chi connectivity index (χ3v) is 10.6. The van der Waals surface area contributed by atoms with E-state index in [1.165, 1.54) is 0 Å². The molecule has 316 valence electrons. The molecule has 2 N–H and O–H groups in total. The van der Waals surface area contributed by atoms with Gasteiger partial charge in [-0.2, -0.15) is 40.9 Å². The molecular weight excluding hydrogens is 793 g/mol. The second-order valence-corrected chi connectivity index (χ2v) is 15.3. The average molecular weight is 841 g/mol. The first-order valence-corrected chi connectivity index (χ1v) is 21.3. The van der Waals surface area contributed by atoms with E-state index in [0.717, 1.165) is 102 Å². The molecule has 0 radical (unpaired) electrons. The molecule has 0 unspecified atom stereocenters. The van der Waals surface area contributed by atoms with Gasteiger partial charge in [0.15, 0.2) is 0 Å². The number of anilines is 2. The minimum Gasteiger partial charge on any atom is -0.385 e. The van der Waals surface area contributed by atoms with Crippen LogP contribution in [0.3, 0.4) is 0 Å². The van der Waals surface area contributed by atoms with E-state index in [1.807, 2.05) is 137 Å². The predicted octanol–water partition coefficient (Wildman–Crippen LogP) is 18.2. The molecule has 8 aromatic carbocycles. The lowest BCUT2D eigenvalue weighted by atomic mass is 10.1. The molecule has 0 spiro atoms. The number of nitrogens with zero attached hydrogens (tertiary/aromatic N) is 10. The van der Waals surface area contributed by atoms with Gasteiger partial charge in [-0.05, 0) is 161 Å². The summed E-state index contributed by atoms with van der Waals surface area (Å²) < 4.78 is 0. The van der Waals surface area contributed by atoms with Gasteiger partial charge in [-0.15, -0.1) is 10.2 Å². The average Bonchev–Trinajstić information content (AvgIpc) is 3.32. The molecule has 0 saturated carbocycles. The van der Waals surface area contributed by atoms with Crippen molar-refractivity contribution in [2.24, 2.45) is 51.1 Å². The van der Waals surface area contributed by atoms with Gasteiger partial charge in [0.2, 0.25) is 0 Å². The van der Waals surface area contributed by atoms with Gasteiger partial charge in [-0.1, -0.05) is 48.5 Å². The summed E-state index contributed by atoms with van der Waals surface area (Å²) in [5.74, 6) is 0. The number of hydrogen-bond acceptors (Lipinski definition) is 12. The highest BCUT2D eigenvalue weighted by atomic mass is 15.1. The zero-order chi connectivity index (χ0) is 44.4. The number of aryl methyl sites for hydroxylation is 4. The van der Waals surface area contributed by atoms with Crippen molar-refractivity contribution in [2.75, 3.05) is 23.7 Å². The third kappa shape index (κ3) is 9.98. The van der Waals surface area contributed by atoms with Crippen LogP contribution in [0.2, 0.25) is 0 Å². The number of rotatable bonds is 14. The van der Waals surface area contributed by atoms with Crippen LogP contribution in [0, 0.1) is 27.7 Å². The molecule has 12 heteroatoms. The van der Waals surface area contributed by atoms with Gasteiger partial charge in [0.05, 0.1) is 56.9 Å². The maximum absolute atomic E-state index is 4.64. The van der Waals surface area contributed by atoms with Crippen LogP contribution in [-0.4, -0.2) is 13.1 Å². The van der Waals surface area contributed by atoms with Crippen molar-refractivity contribution < 1.29 is 0 Å². The minimum absolute atomic E-state index is 0.692. The summed E-state index contributed by atoms with van der Waals surface area (Å²) in [6, 6.07) is 47.4. The molecule has 0 aromatic heterocycles. The summed E-state index contributed by atoms with van der Waals surface area (Å²) in [4.78, 5) is 0. The highest BCUT2D eigenvalue weighted by Crippen LogP contribution is 2.37. The number of fused-ring (bicyclic) bond motifs is 2. The first-order valence-electron chi connectivity index (χ1n) is 21.3. The maximum Gasteiger partial charge on any atom is 0.0936 e. The largest absolute Gasteiger partial charge is 0.385 e. The Morgan fingerprint density at radius 3 is 0.875 bits per heavy atom. The molecular formula is C52H48N12. The van der Waals surface area contributed by atoms with E-state index in [4.69, 9.17) is 0 Å². The topological polar surface area (TPSA) is 148 Å². The van der Waals surface area contributed by atoms with Crippen LogP contribution in [0.1, 0.15) is 36.1 Å². The van der Waals surface area contributed by atoms with Gasteiger partial charge in [-0.25, -0.2) is 0 Å². The Morgan fingerprint density at radius 2 is 0.562 bits per heavy atom. The monoisotopic (exact) mass is 840 g/mol. The van der Waals surface area contributed by atoms with Crippen molar-refractivity contribution in [3.8, 4) is 0 Å². The van der Waals surface area contributed by atoms with Crippen molar-refractivity contribution in [3.05, 3.63) is 168 Å². The summed E-state index contributed by atoms with van der Waals surface area (Å²) >= 11 is 0. The fourth-order valence-corrected chi connectivity index (χ4v) is 7.16. The van der Waals surface area contributed by atoms with Crippen LogP contribution in [0.25, 0.3) is 21.5 Å². The maximum atomic E-state index is 4.64. The Bertz CT molecular complexity index is 2900. The highest BCUT2D eigenvalue weighted by molar-refractivity contribution is 6.01. The highest BCUT2D eigenvalue weighted by Gasteiger charge is 2.10. The van der Waals surface area contributed by atoms with Gasteiger partial charge in [0.1, 0.15) is 0 Å². The Morgan fingerprint density at radius 1 is 0.297 bits per heavy atom. The molecule has 0 aliphatic rings. The van der Waals surface area contributed by atoms with E-state index in [1.54, 1.807) is 0 Å². The SMILES string of the molecule is CCNc1ccc(/N=N/c2cc(C)c(/N=N/c3ccc(/N=N/c4ccc(/N=N/c5cc(C)c(/N=N/c6ccc(NCC)c7ccccc67)cc5C)cc4)cc3)cc2C)c2ccccc12. The van der Waals surface area contributed by atoms with Crippen molar-refractivity contribution in [3.63, 3.8) is 0 Å². The molecule has 12 nitrogen and oxygen atoms in total. The first kappa shape index (κ1) is 42.6. The van der Waals surface area contributed by atoms with E-state index >= 15 is 0 Å². The molecule has 0 saturated heterocycles. The smallest absolute Gasteiger partial charge is 0.0936 e. The van der Waals surface area contributed by atoms with Crippen LogP contribution in [0.4, 0.5) is 68.2 Å². The first-order chi connectivity index (χ1) is 31.3. The second kappa shape index (κ2) is 19.7. The molecule has 0 fully saturated rings. The van der Waals surface area contributed by atoms with Gasteiger partial charge < -0.3 is 10.6 Å². The van der Waals surface area contributed by atoms with Gasteiger partial charge in [0.25, 0.3) is 0 Å². The Labute approximate surface area is 372 Å².